The predicted molar refractivity (Wildman–Crippen MR) is 113 cm³/mol. The summed E-state index contributed by atoms with van der Waals surface area (Å²) in [6.45, 7) is 6.88. The van der Waals surface area contributed by atoms with Gasteiger partial charge in [0.2, 0.25) is 0 Å². The quantitative estimate of drug-likeness (QED) is 0.695. The first-order valence-corrected chi connectivity index (χ1v) is 10.1. The van der Waals surface area contributed by atoms with E-state index in [1.165, 1.54) is 0 Å². The van der Waals surface area contributed by atoms with Crippen LogP contribution in [0.5, 0.6) is 0 Å². The number of nitrogens with zero attached hydrogens (tertiary/aromatic N) is 5. The Labute approximate surface area is 170 Å². The fourth-order valence-corrected chi connectivity index (χ4v) is 3.70. The van der Waals surface area contributed by atoms with E-state index in [1.54, 1.807) is 12.4 Å². The summed E-state index contributed by atoms with van der Waals surface area (Å²) in [4.78, 5) is 23.6. The van der Waals surface area contributed by atoms with Gasteiger partial charge in [0.25, 0.3) is 0 Å². The van der Waals surface area contributed by atoms with Crippen molar-refractivity contribution in [3.8, 4) is 0 Å². The lowest BCUT2D eigenvalue weighted by Crippen LogP contribution is -2.45. The number of pyridine rings is 2. The highest BCUT2D eigenvalue weighted by Gasteiger charge is 2.21. The van der Waals surface area contributed by atoms with Gasteiger partial charge in [-0.1, -0.05) is 6.07 Å². The molecule has 0 spiro atoms. The van der Waals surface area contributed by atoms with Gasteiger partial charge in [-0.2, -0.15) is 5.10 Å². The first-order chi connectivity index (χ1) is 14.1. The van der Waals surface area contributed by atoms with Crippen LogP contribution in [-0.2, 0) is 6.54 Å². The zero-order valence-electron chi connectivity index (χ0n) is 16.9. The molecule has 4 heterocycles. The van der Waals surface area contributed by atoms with Crippen LogP contribution in [0.25, 0.3) is 11.0 Å². The number of fused-ring (bicyclic) bond motifs is 1. The standard InChI is InChI=1S/C21H27N7O/c1-15(2)28-20-16(12-24-28)11-19(13-23-20)26-21(29)25-17-6-9-27(10-7-17)14-18-5-3-4-8-22-18/h3-5,8,11-13,15,17H,6-7,9-10,14H2,1-2H3,(H2,25,26,29). The van der Waals surface area contributed by atoms with E-state index in [9.17, 15) is 4.79 Å². The Hall–Kier alpha value is -3.00. The van der Waals surface area contributed by atoms with Crippen LogP contribution in [0.4, 0.5) is 10.5 Å². The van der Waals surface area contributed by atoms with Crippen molar-refractivity contribution in [2.75, 3.05) is 18.4 Å². The third-order valence-electron chi connectivity index (χ3n) is 5.21. The molecule has 2 N–H and O–H groups in total. The van der Waals surface area contributed by atoms with Crippen molar-refractivity contribution in [3.63, 3.8) is 0 Å². The van der Waals surface area contributed by atoms with Crippen molar-refractivity contribution >= 4 is 22.8 Å². The fraction of sp³-hybridized carbons (Fsp3) is 0.429. The van der Waals surface area contributed by atoms with E-state index in [2.05, 4.69) is 44.4 Å². The highest BCUT2D eigenvalue weighted by Crippen LogP contribution is 2.19. The molecule has 1 aliphatic rings. The van der Waals surface area contributed by atoms with Gasteiger partial charge in [-0.05, 0) is 44.9 Å². The van der Waals surface area contributed by atoms with Gasteiger partial charge in [0.05, 0.1) is 23.8 Å². The maximum atomic E-state index is 12.4. The number of anilines is 1. The minimum Gasteiger partial charge on any atom is -0.335 e. The minimum absolute atomic E-state index is 0.176. The van der Waals surface area contributed by atoms with Crippen molar-refractivity contribution in [3.05, 3.63) is 48.5 Å². The molecule has 3 aromatic rings. The smallest absolute Gasteiger partial charge is 0.319 e. The second-order valence-electron chi connectivity index (χ2n) is 7.79. The topological polar surface area (TPSA) is 88.0 Å². The molecule has 29 heavy (non-hydrogen) atoms. The summed E-state index contributed by atoms with van der Waals surface area (Å²) in [6, 6.07) is 8.13. The van der Waals surface area contributed by atoms with Crippen LogP contribution in [0, 0.1) is 0 Å². The van der Waals surface area contributed by atoms with Crippen molar-refractivity contribution in [1.29, 1.82) is 0 Å². The Bertz CT molecular complexity index is 962. The van der Waals surface area contributed by atoms with Gasteiger partial charge in [-0.3, -0.25) is 9.88 Å². The molecule has 0 aromatic carbocycles. The molecule has 8 heteroatoms. The largest absolute Gasteiger partial charge is 0.335 e. The monoisotopic (exact) mass is 393 g/mol. The molecule has 1 aliphatic heterocycles. The number of nitrogens with one attached hydrogen (secondary N) is 2. The molecule has 0 atom stereocenters. The van der Waals surface area contributed by atoms with E-state index in [0.29, 0.717) is 5.69 Å². The average Bonchev–Trinajstić information content (AvgIpc) is 3.14. The molecular weight excluding hydrogens is 366 g/mol. The SMILES string of the molecule is CC(C)n1ncc2cc(NC(=O)NC3CCN(Cc4ccccn4)CC3)cnc21. The molecule has 152 valence electrons. The molecule has 0 radical (unpaired) electrons. The van der Waals surface area contributed by atoms with Crippen molar-refractivity contribution in [2.24, 2.45) is 0 Å². The average molecular weight is 393 g/mol. The Morgan fingerprint density at radius 2 is 2.03 bits per heavy atom. The normalized spacial score (nSPS) is 15.7. The summed E-state index contributed by atoms with van der Waals surface area (Å²) in [6.07, 6.45) is 7.14. The number of amides is 2. The van der Waals surface area contributed by atoms with Crippen molar-refractivity contribution in [1.82, 2.24) is 30.0 Å². The van der Waals surface area contributed by atoms with Gasteiger partial charge < -0.3 is 10.6 Å². The number of likely N-dealkylation sites (tertiary alicyclic amines) is 1. The number of hydrogen-bond donors (Lipinski definition) is 2. The molecule has 1 saturated heterocycles. The Morgan fingerprint density at radius 1 is 1.21 bits per heavy atom. The Balaban J connectivity index is 1.27. The lowest BCUT2D eigenvalue weighted by atomic mass is 10.1. The van der Waals surface area contributed by atoms with E-state index in [1.807, 2.05) is 35.1 Å². The number of rotatable bonds is 5. The number of urea groups is 1. The lowest BCUT2D eigenvalue weighted by Gasteiger charge is -2.32. The first kappa shape index (κ1) is 19.3. The maximum Gasteiger partial charge on any atom is 0.319 e. The fourth-order valence-electron chi connectivity index (χ4n) is 3.70. The van der Waals surface area contributed by atoms with Crippen LogP contribution < -0.4 is 10.6 Å². The molecule has 0 bridgehead atoms. The number of aromatic nitrogens is 4. The molecule has 0 saturated carbocycles. The van der Waals surface area contributed by atoms with Crippen LogP contribution >= 0.6 is 0 Å². The van der Waals surface area contributed by atoms with E-state index in [4.69, 9.17) is 0 Å². The van der Waals surface area contributed by atoms with E-state index in [0.717, 1.165) is 49.2 Å². The van der Waals surface area contributed by atoms with Crippen molar-refractivity contribution < 1.29 is 4.79 Å². The lowest BCUT2D eigenvalue weighted by molar-refractivity contribution is 0.188. The van der Waals surface area contributed by atoms with E-state index < -0.39 is 0 Å². The predicted octanol–water partition coefficient (Wildman–Crippen LogP) is 3.19. The number of piperidine rings is 1. The van der Waals surface area contributed by atoms with E-state index >= 15 is 0 Å². The zero-order chi connectivity index (χ0) is 20.2. The highest BCUT2D eigenvalue weighted by atomic mass is 16.2. The summed E-state index contributed by atoms with van der Waals surface area (Å²) in [5.41, 5.74) is 2.58. The third-order valence-corrected chi connectivity index (χ3v) is 5.21. The first-order valence-electron chi connectivity index (χ1n) is 10.1. The number of carbonyl (C=O) groups excluding carboxylic acids is 1. The van der Waals surface area contributed by atoms with Gasteiger partial charge in [0.1, 0.15) is 0 Å². The molecule has 3 aromatic heterocycles. The molecule has 4 rings (SSSR count). The second-order valence-corrected chi connectivity index (χ2v) is 7.79. The summed E-state index contributed by atoms with van der Waals surface area (Å²) in [5, 5.41) is 11.3. The van der Waals surface area contributed by atoms with Crippen LogP contribution in [0.15, 0.2) is 42.9 Å². The number of carbonyl (C=O) groups is 1. The van der Waals surface area contributed by atoms with Gasteiger partial charge in [-0.25, -0.2) is 14.5 Å². The third kappa shape index (κ3) is 4.71. The molecule has 1 fully saturated rings. The van der Waals surface area contributed by atoms with Crippen LogP contribution in [-0.4, -0.2) is 49.8 Å². The van der Waals surface area contributed by atoms with E-state index in [-0.39, 0.29) is 18.1 Å². The van der Waals surface area contributed by atoms with Crippen LogP contribution in [0.1, 0.15) is 38.4 Å². The second kappa shape index (κ2) is 8.57. The van der Waals surface area contributed by atoms with Gasteiger partial charge in [0, 0.05) is 43.3 Å². The Kier molecular flexibility index (Phi) is 5.71. The molecular formula is C21H27N7O. The molecule has 0 aliphatic carbocycles. The summed E-state index contributed by atoms with van der Waals surface area (Å²) >= 11 is 0. The van der Waals surface area contributed by atoms with Gasteiger partial charge in [-0.15, -0.1) is 0 Å². The summed E-state index contributed by atoms with van der Waals surface area (Å²) in [5.74, 6) is 0. The Morgan fingerprint density at radius 3 is 2.76 bits per heavy atom. The van der Waals surface area contributed by atoms with Gasteiger partial charge in [0.15, 0.2) is 5.65 Å². The number of hydrogen-bond acceptors (Lipinski definition) is 5. The van der Waals surface area contributed by atoms with Crippen LogP contribution in [0.3, 0.4) is 0 Å². The highest BCUT2D eigenvalue weighted by molar-refractivity contribution is 5.91. The van der Waals surface area contributed by atoms with Crippen LogP contribution in [0.2, 0.25) is 0 Å². The van der Waals surface area contributed by atoms with Crippen molar-refractivity contribution in [2.45, 2.75) is 45.3 Å². The van der Waals surface area contributed by atoms with Gasteiger partial charge >= 0.3 is 6.03 Å². The molecule has 8 nitrogen and oxygen atoms in total. The zero-order valence-corrected chi connectivity index (χ0v) is 16.9. The molecule has 2 amide bonds. The minimum atomic E-state index is -0.189. The maximum absolute atomic E-state index is 12.4. The molecule has 0 unspecified atom stereocenters. The summed E-state index contributed by atoms with van der Waals surface area (Å²) < 4.78 is 1.87. The summed E-state index contributed by atoms with van der Waals surface area (Å²) in [7, 11) is 0.